The first-order chi connectivity index (χ1) is 12.2. The van der Waals surface area contributed by atoms with E-state index in [1.165, 1.54) is 45.2 Å². The number of nitrogens with one attached hydrogen (secondary N) is 1. The Bertz CT molecular complexity index is 510. The van der Waals surface area contributed by atoms with Crippen molar-refractivity contribution in [3.63, 3.8) is 0 Å². The number of carbonyl (C=O) groups is 1. The van der Waals surface area contributed by atoms with E-state index in [1.54, 1.807) is 12.5 Å². The summed E-state index contributed by atoms with van der Waals surface area (Å²) in [5.41, 5.74) is 0. The highest BCUT2D eigenvalue weighted by Crippen LogP contribution is 2.20. The number of carbonyl (C=O) groups excluding carboxylic acids is 1. The first-order valence-corrected chi connectivity index (χ1v) is 9.94. The van der Waals surface area contributed by atoms with Crippen molar-refractivity contribution in [1.82, 2.24) is 24.7 Å². The first kappa shape index (κ1) is 18.2. The molecule has 0 bridgehead atoms. The number of hydrogen-bond donors (Lipinski definition) is 1. The van der Waals surface area contributed by atoms with Crippen LogP contribution in [0, 0.1) is 5.92 Å². The molecule has 6 nitrogen and oxygen atoms in total. The predicted molar refractivity (Wildman–Crippen MR) is 99.4 cm³/mol. The molecule has 2 aliphatic rings. The molecular formula is C19H33N5O. The quantitative estimate of drug-likeness (QED) is 0.891. The molecule has 6 heteroatoms. The summed E-state index contributed by atoms with van der Waals surface area (Å²) >= 11 is 0. The highest BCUT2D eigenvalue weighted by atomic mass is 16.2. The van der Waals surface area contributed by atoms with Gasteiger partial charge in [-0.2, -0.15) is 0 Å². The Morgan fingerprint density at radius 3 is 2.72 bits per heavy atom. The Hall–Kier alpha value is -1.56. The molecule has 0 radical (unpaired) electrons. The third kappa shape index (κ3) is 5.73. The predicted octanol–water partition coefficient (Wildman–Crippen LogP) is 2.57. The number of likely N-dealkylation sites (tertiary alicyclic amines) is 2. The maximum absolute atomic E-state index is 12.6. The maximum atomic E-state index is 12.6. The van der Waals surface area contributed by atoms with E-state index in [0.717, 1.165) is 32.6 Å². The average molecular weight is 348 g/mol. The van der Waals surface area contributed by atoms with E-state index in [2.05, 4.69) is 22.1 Å². The van der Waals surface area contributed by atoms with Crippen LogP contribution in [0.4, 0.5) is 4.79 Å². The fourth-order valence-electron chi connectivity index (χ4n) is 4.14. The van der Waals surface area contributed by atoms with Gasteiger partial charge in [0, 0.05) is 44.6 Å². The average Bonchev–Trinajstić information content (AvgIpc) is 2.97. The minimum Gasteiger partial charge on any atom is -0.335 e. The standard InChI is InChI=1S/C19H33N5O/c1-17(13-23-12-8-20-16-23)21-19(25)24-11-6-7-18(15-24)14-22-9-4-2-3-5-10-22/h8,12,16-18H,2-7,9-11,13-15H2,1H3,(H,21,25). The van der Waals surface area contributed by atoms with Crippen LogP contribution < -0.4 is 5.32 Å². The molecule has 0 aliphatic carbocycles. The molecule has 2 amide bonds. The van der Waals surface area contributed by atoms with Gasteiger partial charge in [-0.05, 0) is 51.6 Å². The van der Waals surface area contributed by atoms with Gasteiger partial charge in [-0.3, -0.25) is 0 Å². The topological polar surface area (TPSA) is 53.4 Å². The number of rotatable bonds is 5. The van der Waals surface area contributed by atoms with Gasteiger partial charge in [0.1, 0.15) is 0 Å². The lowest BCUT2D eigenvalue weighted by molar-refractivity contribution is 0.138. The lowest BCUT2D eigenvalue weighted by atomic mass is 9.97. The highest BCUT2D eigenvalue weighted by Gasteiger charge is 2.26. The van der Waals surface area contributed by atoms with Gasteiger partial charge >= 0.3 is 6.03 Å². The molecule has 2 atom stereocenters. The molecule has 2 unspecified atom stereocenters. The number of nitrogens with zero attached hydrogens (tertiary/aromatic N) is 4. The molecule has 140 valence electrons. The van der Waals surface area contributed by atoms with Crippen molar-refractivity contribution in [2.45, 2.75) is 58.0 Å². The van der Waals surface area contributed by atoms with E-state index in [-0.39, 0.29) is 12.1 Å². The molecule has 25 heavy (non-hydrogen) atoms. The SMILES string of the molecule is CC(Cn1ccnc1)NC(=O)N1CCCC(CN2CCCCCC2)C1. The third-order valence-corrected chi connectivity index (χ3v) is 5.44. The molecular weight excluding hydrogens is 314 g/mol. The maximum Gasteiger partial charge on any atom is 0.317 e. The van der Waals surface area contributed by atoms with Gasteiger partial charge in [-0.15, -0.1) is 0 Å². The Kier molecular flexibility index (Phi) is 6.73. The molecule has 1 aromatic rings. The van der Waals surface area contributed by atoms with E-state index in [9.17, 15) is 4.79 Å². The van der Waals surface area contributed by atoms with Gasteiger partial charge in [0.25, 0.3) is 0 Å². The zero-order chi connectivity index (χ0) is 17.5. The lowest BCUT2D eigenvalue weighted by Crippen LogP contribution is -2.50. The second-order valence-corrected chi connectivity index (χ2v) is 7.78. The molecule has 0 aromatic carbocycles. The van der Waals surface area contributed by atoms with Crippen LogP contribution in [0.5, 0.6) is 0 Å². The summed E-state index contributed by atoms with van der Waals surface area (Å²) in [5, 5.41) is 3.15. The summed E-state index contributed by atoms with van der Waals surface area (Å²) in [6, 6.07) is 0.195. The minimum absolute atomic E-state index is 0.0909. The van der Waals surface area contributed by atoms with Crippen molar-refractivity contribution < 1.29 is 4.79 Å². The zero-order valence-electron chi connectivity index (χ0n) is 15.6. The second-order valence-electron chi connectivity index (χ2n) is 7.78. The zero-order valence-corrected chi connectivity index (χ0v) is 15.6. The van der Waals surface area contributed by atoms with E-state index >= 15 is 0 Å². The van der Waals surface area contributed by atoms with Crippen LogP contribution in [0.3, 0.4) is 0 Å². The van der Waals surface area contributed by atoms with E-state index in [1.807, 2.05) is 15.7 Å². The number of aromatic nitrogens is 2. The normalized spacial score (nSPS) is 23.9. The van der Waals surface area contributed by atoms with Crippen LogP contribution in [-0.2, 0) is 6.54 Å². The fraction of sp³-hybridized carbons (Fsp3) is 0.789. The smallest absolute Gasteiger partial charge is 0.317 e. The van der Waals surface area contributed by atoms with Gasteiger partial charge in [-0.25, -0.2) is 9.78 Å². The number of urea groups is 1. The van der Waals surface area contributed by atoms with Gasteiger partial charge in [0.15, 0.2) is 0 Å². The molecule has 0 saturated carbocycles. The van der Waals surface area contributed by atoms with Crippen LogP contribution in [0.25, 0.3) is 0 Å². The van der Waals surface area contributed by atoms with Crippen molar-refractivity contribution in [1.29, 1.82) is 0 Å². The Balaban J connectivity index is 1.44. The summed E-state index contributed by atoms with van der Waals surface area (Å²) in [7, 11) is 0. The Morgan fingerprint density at radius 2 is 2.00 bits per heavy atom. The Labute approximate surface area is 151 Å². The molecule has 3 heterocycles. The molecule has 1 aromatic heterocycles. The van der Waals surface area contributed by atoms with Crippen molar-refractivity contribution in [2.75, 3.05) is 32.7 Å². The second kappa shape index (κ2) is 9.22. The molecule has 3 rings (SSSR count). The van der Waals surface area contributed by atoms with Crippen molar-refractivity contribution in [3.05, 3.63) is 18.7 Å². The van der Waals surface area contributed by atoms with E-state index in [4.69, 9.17) is 0 Å². The molecule has 0 spiro atoms. The number of imidazole rings is 1. The van der Waals surface area contributed by atoms with E-state index < -0.39 is 0 Å². The molecule has 2 saturated heterocycles. The number of amides is 2. The summed E-state index contributed by atoms with van der Waals surface area (Å²) < 4.78 is 2.00. The van der Waals surface area contributed by atoms with Gasteiger partial charge in [-0.1, -0.05) is 12.8 Å². The lowest BCUT2D eigenvalue weighted by Gasteiger charge is -2.36. The summed E-state index contributed by atoms with van der Waals surface area (Å²) in [4.78, 5) is 21.3. The fourth-order valence-corrected chi connectivity index (χ4v) is 4.14. The summed E-state index contributed by atoms with van der Waals surface area (Å²) in [5.74, 6) is 0.626. The largest absolute Gasteiger partial charge is 0.335 e. The van der Waals surface area contributed by atoms with Crippen LogP contribution in [-0.4, -0.2) is 64.1 Å². The van der Waals surface area contributed by atoms with Gasteiger partial charge in [0.2, 0.25) is 0 Å². The van der Waals surface area contributed by atoms with Crippen LogP contribution >= 0.6 is 0 Å². The summed E-state index contributed by atoms with van der Waals surface area (Å²) in [6.07, 6.45) is 13.3. The minimum atomic E-state index is 0.0909. The van der Waals surface area contributed by atoms with Crippen LogP contribution in [0.2, 0.25) is 0 Å². The Morgan fingerprint density at radius 1 is 1.20 bits per heavy atom. The van der Waals surface area contributed by atoms with E-state index in [0.29, 0.717) is 5.92 Å². The summed E-state index contributed by atoms with van der Waals surface area (Å²) in [6.45, 7) is 8.25. The van der Waals surface area contributed by atoms with Crippen molar-refractivity contribution in [2.24, 2.45) is 5.92 Å². The van der Waals surface area contributed by atoms with Crippen molar-refractivity contribution in [3.8, 4) is 0 Å². The third-order valence-electron chi connectivity index (χ3n) is 5.44. The monoisotopic (exact) mass is 347 g/mol. The van der Waals surface area contributed by atoms with Crippen molar-refractivity contribution >= 4 is 6.03 Å². The van der Waals surface area contributed by atoms with Crippen LogP contribution in [0.15, 0.2) is 18.7 Å². The first-order valence-electron chi connectivity index (χ1n) is 9.94. The van der Waals surface area contributed by atoms with Gasteiger partial charge in [0.05, 0.1) is 6.33 Å². The molecule has 1 N–H and O–H groups in total. The number of piperidine rings is 1. The number of hydrogen-bond acceptors (Lipinski definition) is 3. The highest BCUT2D eigenvalue weighted by molar-refractivity contribution is 5.74. The molecule has 2 aliphatic heterocycles. The molecule has 2 fully saturated rings. The van der Waals surface area contributed by atoms with Crippen LogP contribution in [0.1, 0.15) is 45.4 Å². The van der Waals surface area contributed by atoms with Gasteiger partial charge < -0.3 is 19.7 Å².